The van der Waals surface area contributed by atoms with Crippen molar-refractivity contribution in [2.75, 3.05) is 5.43 Å². The molecule has 1 aliphatic heterocycles. The minimum Gasteiger partial charge on any atom is -0.290 e. The summed E-state index contributed by atoms with van der Waals surface area (Å²) in [6.45, 7) is 2.11. The molecule has 0 bridgehead atoms. The number of benzene rings is 3. The SMILES string of the molecule is Cc1ccc(C2=C(c3ccccc3)Sc3nc(-c4ccccc4)c(Br)n3N2)cc1. The molecule has 3 nitrogen and oxygen atoms in total. The second-order valence-electron chi connectivity index (χ2n) is 6.89. The third kappa shape index (κ3) is 3.41. The Bertz CT molecular complexity index is 1200. The van der Waals surface area contributed by atoms with E-state index in [9.17, 15) is 0 Å². The van der Waals surface area contributed by atoms with E-state index >= 15 is 0 Å². The topological polar surface area (TPSA) is 29.9 Å². The number of halogens is 1. The normalized spacial score (nSPS) is 13.2. The number of hydrogen-bond acceptors (Lipinski definition) is 3. The van der Waals surface area contributed by atoms with Crippen LogP contribution in [0.15, 0.2) is 94.7 Å². The molecule has 0 saturated carbocycles. The van der Waals surface area contributed by atoms with Gasteiger partial charge in [0.05, 0.1) is 5.70 Å². The molecule has 0 atom stereocenters. The smallest absolute Gasteiger partial charge is 0.193 e. The van der Waals surface area contributed by atoms with Crippen LogP contribution in [0, 0.1) is 6.92 Å². The van der Waals surface area contributed by atoms with E-state index in [0.717, 1.165) is 32.3 Å². The van der Waals surface area contributed by atoms with Gasteiger partial charge in [0, 0.05) is 16.0 Å². The zero-order valence-corrected chi connectivity index (χ0v) is 18.2. The maximum absolute atomic E-state index is 4.92. The van der Waals surface area contributed by atoms with E-state index in [1.807, 2.05) is 28.9 Å². The van der Waals surface area contributed by atoms with Gasteiger partial charge in [0.25, 0.3) is 0 Å². The second kappa shape index (κ2) is 7.58. The van der Waals surface area contributed by atoms with Gasteiger partial charge in [-0.15, -0.1) is 0 Å². The van der Waals surface area contributed by atoms with E-state index in [-0.39, 0.29) is 0 Å². The molecule has 2 heterocycles. The molecule has 5 heteroatoms. The number of aromatic nitrogens is 2. The number of aryl methyl sites for hydroxylation is 1. The largest absolute Gasteiger partial charge is 0.290 e. The molecule has 1 aliphatic rings. The summed E-state index contributed by atoms with van der Waals surface area (Å²) in [6.07, 6.45) is 0. The maximum atomic E-state index is 4.92. The van der Waals surface area contributed by atoms with Gasteiger partial charge in [-0.1, -0.05) is 90.5 Å². The van der Waals surface area contributed by atoms with Gasteiger partial charge in [0.15, 0.2) is 5.16 Å². The van der Waals surface area contributed by atoms with Gasteiger partial charge in [0.1, 0.15) is 10.3 Å². The van der Waals surface area contributed by atoms with Crippen molar-refractivity contribution in [3.05, 3.63) is 106 Å². The molecule has 0 aliphatic carbocycles. The van der Waals surface area contributed by atoms with Crippen LogP contribution < -0.4 is 5.43 Å². The van der Waals surface area contributed by atoms with E-state index in [1.165, 1.54) is 16.0 Å². The van der Waals surface area contributed by atoms with E-state index in [0.29, 0.717) is 0 Å². The average molecular weight is 460 g/mol. The molecule has 1 N–H and O–H groups in total. The lowest BCUT2D eigenvalue weighted by molar-refractivity contribution is 0.811. The first kappa shape index (κ1) is 18.3. The number of nitrogens with one attached hydrogen (secondary N) is 1. The summed E-state index contributed by atoms with van der Waals surface area (Å²) in [7, 11) is 0. The van der Waals surface area contributed by atoms with Crippen molar-refractivity contribution in [2.45, 2.75) is 12.1 Å². The minimum atomic E-state index is 0.908. The number of imidazole rings is 1. The number of fused-ring (bicyclic) bond motifs is 1. The molecule has 1 aromatic heterocycles. The molecular weight excluding hydrogens is 442 g/mol. The summed E-state index contributed by atoms with van der Waals surface area (Å²) in [5.74, 6) is 0. The molecule has 0 spiro atoms. The van der Waals surface area contributed by atoms with Crippen molar-refractivity contribution < 1.29 is 0 Å². The fourth-order valence-corrected chi connectivity index (χ4v) is 5.10. The van der Waals surface area contributed by atoms with Crippen LogP contribution in [-0.4, -0.2) is 9.66 Å². The molecule has 0 unspecified atom stereocenters. The Morgan fingerprint density at radius 3 is 2.07 bits per heavy atom. The van der Waals surface area contributed by atoms with Gasteiger partial charge >= 0.3 is 0 Å². The molecule has 0 amide bonds. The van der Waals surface area contributed by atoms with Crippen LogP contribution in [0.25, 0.3) is 21.9 Å². The van der Waals surface area contributed by atoms with Crippen molar-refractivity contribution in [3.8, 4) is 11.3 Å². The number of nitrogens with zero attached hydrogens (tertiary/aromatic N) is 2. The van der Waals surface area contributed by atoms with Crippen LogP contribution in [-0.2, 0) is 0 Å². The summed E-state index contributed by atoms with van der Waals surface area (Å²) >= 11 is 5.45. The van der Waals surface area contributed by atoms with E-state index in [4.69, 9.17) is 4.98 Å². The third-order valence-corrected chi connectivity index (χ3v) is 6.69. The maximum Gasteiger partial charge on any atom is 0.193 e. The van der Waals surface area contributed by atoms with Crippen LogP contribution in [0.2, 0.25) is 0 Å². The number of rotatable bonds is 3. The predicted octanol–water partition coefficient (Wildman–Crippen LogP) is 6.80. The highest BCUT2D eigenvalue weighted by atomic mass is 79.9. The van der Waals surface area contributed by atoms with E-state index in [1.54, 1.807) is 11.8 Å². The highest BCUT2D eigenvalue weighted by Gasteiger charge is 2.26. The minimum absolute atomic E-state index is 0.908. The van der Waals surface area contributed by atoms with Crippen molar-refractivity contribution >= 4 is 38.3 Å². The van der Waals surface area contributed by atoms with Gasteiger partial charge in [-0.05, 0) is 40.2 Å². The van der Waals surface area contributed by atoms with Crippen LogP contribution in [0.1, 0.15) is 16.7 Å². The lowest BCUT2D eigenvalue weighted by atomic mass is 10.1. The Kier molecular flexibility index (Phi) is 4.78. The van der Waals surface area contributed by atoms with Crippen molar-refractivity contribution in [1.82, 2.24) is 9.66 Å². The van der Waals surface area contributed by atoms with Crippen LogP contribution >= 0.6 is 27.7 Å². The highest BCUT2D eigenvalue weighted by Crippen LogP contribution is 2.45. The zero-order valence-electron chi connectivity index (χ0n) is 15.8. The molecule has 0 saturated heterocycles. The first-order valence-corrected chi connectivity index (χ1v) is 11.0. The summed E-state index contributed by atoms with van der Waals surface area (Å²) in [5, 5.41) is 0.908. The van der Waals surface area contributed by atoms with Crippen molar-refractivity contribution in [3.63, 3.8) is 0 Å². The summed E-state index contributed by atoms with van der Waals surface area (Å²) < 4.78 is 2.94. The molecule has 4 aromatic rings. The third-order valence-electron chi connectivity index (χ3n) is 4.86. The Labute approximate surface area is 182 Å². The van der Waals surface area contributed by atoms with E-state index in [2.05, 4.69) is 88.9 Å². The molecule has 5 rings (SSSR count). The van der Waals surface area contributed by atoms with Crippen LogP contribution in [0.4, 0.5) is 0 Å². The fourth-order valence-electron chi connectivity index (χ4n) is 3.34. The van der Waals surface area contributed by atoms with Gasteiger partial charge in [0.2, 0.25) is 0 Å². The fraction of sp³-hybridized carbons (Fsp3) is 0.0417. The zero-order chi connectivity index (χ0) is 19.8. The monoisotopic (exact) mass is 459 g/mol. The Hall–Kier alpha value is -2.76. The molecule has 0 fully saturated rings. The Balaban J connectivity index is 1.65. The Morgan fingerprint density at radius 1 is 0.793 bits per heavy atom. The standard InChI is InChI=1S/C24H18BrN3S/c1-16-12-14-18(15-13-16)20-22(19-10-6-3-7-11-19)29-24-26-21(23(25)28(24)27-20)17-8-4-2-5-9-17/h2-15,27H,1H3. The van der Waals surface area contributed by atoms with Crippen molar-refractivity contribution in [1.29, 1.82) is 0 Å². The summed E-state index contributed by atoms with van der Waals surface area (Å²) in [5.41, 5.74) is 10.3. The van der Waals surface area contributed by atoms with Crippen molar-refractivity contribution in [2.24, 2.45) is 0 Å². The van der Waals surface area contributed by atoms with Crippen LogP contribution in [0.5, 0.6) is 0 Å². The molecule has 142 valence electrons. The van der Waals surface area contributed by atoms with E-state index < -0.39 is 0 Å². The average Bonchev–Trinajstić information content (AvgIpc) is 3.10. The first-order chi connectivity index (χ1) is 14.2. The Morgan fingerprint density at radius 2 is 1.41 bits per heavy atom. The number of hydrogen-bond donors (Lipinski definition) is 1. The number of thioether (sulfide) groups is 1. The summed E-state index contributed by atoms with van der Waals surface area (Å²) in [6, 6.07) is 29.3. The molecule has 29 heavy (non-hydrogen) atoms. The summed E-state index contributed by atoms with van der Waals surface area (Å²) in [4.78, 5) is 6.09. The van der Waals surface area contributed by atoms with Gasteiger partial charge < -0.3 is 0 Å². The molecule has 3 aromatic carbocycles. The second-order valence-corrected chi connectivity index (χ2v) is 8.61. The quantitative estimate of drug-likeness (QED) is 0.365. The lowest BCUT2D eigenvalue weighted by Gasteiger charge is -2.24. The van der Waals surface area contributed by atoms with Gasteiger partial charge in [-0.25, -0.2) is 9.66 Å². The first-order valence-electron chi connectivity index (χ1n) is 9.36. The van der Waals surface area contributed by atoms with Crippen LogP contribution in [0.3, 0.4) is 0 Å². The lowest BCUT2D eigenvalue weighted by Crippen LogP contribution is -2.19. The predicted molar refractivity (Wildman–Crippen MR) is 125 cm³/mol. The van der Waals surface area contributed by atoms with Gasteiger partial charge in [-0.3, -0.25) is 5.43 Å². The molecule has 0 radical (unpaired) electrons. The van der Waals surface area contributed by atoms with Gasteiger partial charge in [-0.2, -0.15) is 0 Å². The molecular formula is C24H18BrN3S. The highest BCUT2D eigenvalue weighted by molar-refractivity contribution is 9.10.